The lowest BCUT2D eigenvalue weighted by atomic mass is 10.0. The molecule has 1 aliphatic heterocycles. The zero-order valence-corrected chi connectivity index (χ0v) is 13.9. The molecule has 0 aromatic heterocycles. The largest absolute Gasteiger partial charge is 0.492 e. The van der Waals surface area contributed by atoms with E-state index in [-0.39, 0.29) is 0 Å². The lowest BCUT2D eigenvalue weighted by molar-refractivity contribution is 0.0770. The molecule has 0 spiro atoms. The second-order valence-electron chi connectivity index (χ2n) is 5.53. The van der Waals surface area contributed by atoms with Crippen molar-refractivity contribution in [3.63, 3.8) is 0 Å². The normalized spacial score (nSPS) is 16.6. The zero-order valence-electron chi connectivity index (χ0n) is 12.3. The van der Waals surface area contributed by atoms with Gasteiger partial charge in [-0.3, -0.25) is 0 Å². The predicted molar refractivity (Wildman–Crippen MR) is 85.6 cm³/mol. The minimum absolute atomic E-state index is 0.464. The molecule has 0 bridgehead atoms. The van der Waals surface area contributed by atoms with E-state index in [0.717, 1.165) is 42.8 Å². The monoisotopic (exact) mass is 341 g/mol. The van der Waals surface area contributed by atoms with Gasteiger partial charge in [0.25, 0.3) is 0 Å². The van der Waals surface area contributed by atoms with Crippen LogP contribution < -0.4 is 10.1 Å². The van der Waals surface area contributed by atoms with Crippen molar-refractivity contribution in [3.8, 4) is 5.75 Å². The van der Waals surface area contributed by atoms with Crippen LogP contribution in [-0.2, 0) is 4.74 Å². The highest BCUT2D eigenvalue weighted by Gasteiger charge is 2.13. The first kappa shape index (κ1) is 15.8. The highest BCUT2D eigenvalue weighted by Crippen LogP contribution is 2.29. The quantitative estimate of drug-likeness (QED) is 0.800. The highest BCUT2D eigenvalue weighted by atomic mass is 79.9. The molecule has 1 heterocycles. The Labute approximate surface area is 130 Å². The first-order valence-electron chi connectivity index (χ1n) is 7.40. The molecular weight excluding hydrogens is 318 g/mol. The molecule has 4 heteroatoms. The summed E-state index contributed by atoms with van der Waals surface area (Å²) in [4.78, 5) is 0. The zero-order chi connectivity index (χ0) is 14.4. The van der Waals surface area contributed by atoms with E-state index >= 15 is 0 Å². The summed E-state index contributed by atoms with van der Waals surface area (Å²) in [7, 11) is 0. The molecule has 1 aromatic carbocycles. The van der Waals surface area contributed by atoms with Crippen molar-refractivity contribution in [1.29, 1.82) is 0 Å². The molecule has 0 atom stereocenters. The minimum Gasteiger partial charge on any atom is -0.492 e. The van der Waals surface area contributed by atoms with Crippen molar-refractivity contribution in [2.45, 2.75) is 38.6 Å². The maximum Gasteiger partial charge on any atom is 0.122 e. The Morgan fingerprint density at radius 2 is 2.10 bits per heavy atom. The summed E-state index contributed by atoms with van der Waals surface area (Å²) in [5, 5.41) is 3.54. The van der Waals surface area contributed by atoms with Crippen LogP contribution in [0.25, 0.3) is 0 Å². The van der Waals surface area contributed by atoms with Gasteiger partial charge >= 0.3 is 0 Å². The van der Waals surface area contributed by atoms with Gasteiger partial charge in [0.15, 0.2) is 0 Å². The van der Waals surface area contributed by atoms with Crippen LogP contribution in [0.5, 0.6) is 5.75 Å². The molecule has 1 aromatic rings. The van der Waals surface area contributed by atoms with E-state index in [0.29, 0.717) is 18.6 Å². The van der Waals surface area contributed by atoms with Gasteiger partial charge < -0.3 is 14.8 Å². The molecule has 20 heavy (non-hydrogen) atoms. The third kappa shape index (κ3) is 4.76. The summed E-state index contributed by atoms with van der Waals surface area (Å²) < 4.78 is 12.4. The van der Waals surface area contributed by atoms with Crippen molar-refractivity contribution in [2.24, 2.45) is 0 Å². The van der Waals surface area contributed by atoms with Gasteiger partial charge in [-0.25, -0.2) is 0 Å². The third-order valence-corrected chi connectivity index (χ3v) is 4.10. The van der Waals surface area contributed by atoms with Crippen LogP contribution in [0.4, 0.5) is 0 Å². The molecule has 2 rings (SSSR count). The molecule has 0 aliphatic carbocycles. The highest BCUT2D eigenvalue weighted by molar-refractivity contribution is 9.10. The first-order chi connectivity index (χ1) is 9.66. The standard InChI is InChI=1S/C16H24BrNO2/c1-12(2)15-11-13(17)3-4-16(15)20-10-7-18-14-5-8-19-9-6-14/h3-4,11-12,14,18H,5-10H2,1-2H3. The number of rotatable bonds is 6. The van der Waals surface area contributed by atoms with Gasteiger partial charge in [0.05, 0.1) is 0 Å². The Morgan fingerprint density at radius 1 is 1.35 bits per heavy atom. The average molecular weight is 342 g/mol. The van der Waals surface area contributed by atoms with Crippen molar-refractivity contribution < 1.29 is 9.47 Å². The number of halogens is 1. The van der Waals surface area contributed by atoms with Crippen LogP contribution in [0.2, 0.25) is 0 Å². The van der Waals surface area contributed by atoms with Gasteiger partial charge in [-0.05, 0) is 42.5 Å². The smallest absolute Gasteiger partial charge is 0.122 e. The summed E-state index contributed by atoms with van der Waals surface area (Å²) >= 11 is 3.52. The fraction of sp³-hybridized carbons (Fsp3) is 0.625. The molecule has 112 valence electrons. The Hall–Kier alpha value is -0.580. The summed E-state index contributed by atoms with van der Waals surface area (Å²) in [5.41, 5.74) is 1.26. The van der Waals surface area contributed by atoms with E-state index in [2.05, 4.69) is 41.2 Å². The van der Waals surface area contributed by atoms with Gasteiger partial charge in [-0.1, -0.05) is 29.8 Å². The van der Waals surface area contributed by atoms with Gasteiger partial charge in [-0.2, -0.15) is 0 Å². The minimum atomic E-state index is 0.464. The van der Waals surface area contributed by atoms with Crippen molar-refractivity contribution in [1.82, 2.24) is 5.32 Å². The molecular formula is C16H24BrNO2. The summed E-state index contributed by atoms with van der Waals surface area (Å²) in [6.07, 6.45) is 2.21. The van der Waals surface area contributed by atoms with Crippen molar-refractivity contribution in [3.05, 3.63) is 28.2 Å². The lowest BCUT2D eigenvalue weighted by Crippen LogP contribution is -2.37. The fourth-order valence-corrected chi connectivity index (χ4v) is 2.81. The predicted octanol–water partition coefficient (Wildman–Crippen LogP) is 3.72. The van der Waals surface area contributed by atoms with Crippen molar-refractivity contribution in [2.75, 3.05) is 26.4 Å². The second kappa shape index (κ2) is 8.01. The molecule has 1 aliphatic rings. The van der Waals surface area contributed by atoms with E-state index in [9.17, 15) is 0 Å². The number of ether oxygens (including phenoxy) is 2. The fourth-order valence-electron chi connectivity index (χ4n) is 2.43. The van der Waals surface area contributed by atoms with Crippen molar-refractivity contribution >= 4 is 15.9 Å². The van der Waals surface area contributed by atoms with E-state index in [1.54, 1.807) is 0 Å². The summed E-state index contributed by atoms with van der Waals surface area (Å²) in [5.74, 6) is 1.46. The maximum atomic E-state index is 5.93. The van der Waals surface area contributed by atoms with Gasteiger partial charge in [0, 0.05) is 30.3 Å². The van der Waals surface area contributed by atoms with Crippen LogP contribution in [0.15, 0.2) is 22.7 Å². The van der Waals surface area contributed by atoms with Gasteiger partial charge in [0.1, 0.15) is 12.4 Å². The number of nitrogens with one attached hydrogen (secondary N) is 1. The summed E-state index contributed by atoms with van der Waals surface area (Å²) in [6, 6.07) is 6.81. The molecule has 0 saturated carbocycles. The number of benzene rings is 1. The van der Waals surface area contributed by atoms with E-state index in [4.69, 9.17) is 9.47 Å². The molecule has 1 fully saturated rings. The van der Waals surface area contributed by atoms with Crippen LogP contribution in [0, 0.1) is 0 Å². The Bertz CT molecular complexity index is 417. The van der Waals surface area contributed by atoms with Crippen LogP contribution >= 0.6 is 15.9 Å². The average Bonchev–Trinajstić information content (AvgIpc) is 2.45. The SMILES string of the molecule is CC(C)c1cc(Br)ccc1OCCNC1CCOCC1. The third-order valence-electron chi connectivity index (χ3n) is 3.61. The molecule has 0 amide bonds. The van der Waals surface area contributed by atoms with E-state index in [1.807, 2.05) is 12.1 Å². The summed E-state index contributed by atoms with van der Waals surface area (Å²) in [6.45, 7) is 7.73. The second-order valence-corrected chi connectivity index (χ2v) is 6.44. The van der Waals surface area contributed by atoms with E-state index in [1.165, 1.54) is 5.56 Å². The number of hydrogen-bond donors (Lipinski definition) is 1. The Balaban J connectivity index is 1.78. The molecule has 0 radical (unpaired) electrons. The topological polar surface area (TPSA) is 30.5 Å². The van der Waals surface area contributed by atoms with Gasteiger partial charge in [0.2, 0.25) is 0 Å². The van der Waals surface area contributed by atoms with Crippen LogP contribution in [0.1, 0.15) is 38.2 Å². The molecule has 1 N–H and O–H groups in total. The van der Waals surface area contributed by atoms with Crippen LogP contribution in [-0.4, -0.2) is 32.4 Å². The lowest BCUT2D eigenvalue weighted by Gasteiger charge is -2.23. The Morgan fingerprint density at radius 3 is 2.80 bits per heavy atom. The number of hydrogen-bond acceptors (Lipinski definition) is 3. The Kier molecular flexibility index (Phi) is 6.33. The van der Waals surface area contributed by atoms with Gasteiger partial charge in [-0.15, -0.1) is 0 Å². The van der Waals surface area contributed by atoms with Crippen LogP contribution in [0.3, 0.4) is 0 Å². The maximum absolute atomic E-state index is 5.93. The molecule has 0 unspecified atom stereocenters. The first-order valence-corrected chi connectivity index (χ1v) is 8.19. The van der Waals surface area contributed by atoms with E-state index < -0.39 is 0 Å². The molecule has 1 saturated heterocycles. The molecule has 3 nitrogen and oxygen atoms in total.